The van der Waals surface area contributed by atoms with E-state index in [1.165, 1.54) is 22.3 Å². The molecule has 1 saturated carbocycles. The van der Waals surface area contributed by atoms with Gasteiger partial charge in [-0.15, -0.1) is 0 Å². The first-order valence-electron chi connectivity index (χ1n) is 13.5. The number of nitrogens with zero attached hydrogens (tertiary/aromatic N) is 2. The fourth-order valence-electron chi connectivity index (χ4n) is 6.69. The van der Waals surface area contributed by atoms with E-state index in [2.05, 4.69) is 45.2 Å². The zero-order valence-corrected chi connectivity index (χ0v) is 23.2. The summed E-state index contributed by atoms with van der Waals surface area (Å²) in [4.78, 5) is 30.9. The third-order valence-corrected chi connectivity index (χ3v) is 9.29. The average Bonchev–Trinajstić information content (AvgIpc) is 3.52. The quantitative estimate of drug-likeness (QED) is 0.359. The molecular weight excluding hydrogens is 560 g/mol. The molecule has 6 rings (SSSR count). The minimum atomic E-state index is -0.992. The maximum Gasteiger partial charge on any atom is 0.409 e. The van der Waals surface area contributed by atoms with Gasteiger partial charge in [0, 0.05) is 29.7 Å². The number of carboxylic acid groups (broad SMARTS) is 1. The van der Waals surface area contributed by atoms with Gasteiger partial charge in [-0.05, 0) is 87.8 Å². The molecular formula is C31H31BrN2O5. The second kappa shape index (κ2) is 10.4. The van der Waals surface area contributed by atoms with Crippen molar-refractivity contribution < 1.29 is 24.2 Å². The van der Waals surface area contributed by atoms with E-state index in [0.717, 1.165) is 29.4 Å². The first-order chi connectivity index (χ1) is 18.9. The number of fused-ring (bicyclic) bond motifs is 3. The molecule has 1 aliphatic heterocycles. The predicted molar refractivity (Wildman–Crippen MR) is 149 cm³/mol. The molecule has 39 heavy (non-hydrogen) atoms. The lowest BCUT2D eigenvalue weighted by Crippen LogP contribution is -2.42. The molecule has 7 nitrogen and oxygen atoms in total. The van der Waals surface area contributed by atoms with E-state index >= 15 is 0 Å². The summed E-state index contributed by atoms with van der Waals surface area (Å²) in [6.45, 7) is 1.26. The van der Waals surface area contributed by atoms with Crippen molar-refractivity contribution in [2.45, 2.75) is 43.6 Å². The average molecular weight is 592 g/mol. The first kappa shape index (κ1) is 26.0. The number of hydrogen-bond donors (Lipinski definition) is 1. The molecule has 1 saturated heterocycles. The van der Waals surface area contributed by atoms with Crippen LogP contribution in [0.2, 0.25) is 0 Å². The Bertz CT molecular complexity index is 1340. The number of ether oxygens (including phenoxy) is 2. The molecule has 2 fully saturated rings. The van der Waals surface area contributed by atoms with Crippen molar-refractivity contribution in [1.29, 1.82) is 0 Å². The Morgan fingerprint density at radius 3 is 2.23 bits per heavy atom. The standard InChI is InChI=1S/C31H31BrN2O5/c32-21-9-10-27(33-17-21)31(39-19-28(35)36)13-11-30(12-14-31)15-16-34(20-30)29(37)38-18-26-24-7-3-1-5-22(24)23-6-2-4-8-25(23)26/h1-10,17,26H,11-16,18-20H2,(H,35,36). The second-order valence-electron chi connectivity index (χ2n) is 11.0. The molecule has 0 bridgehead atoms. The topological polar surface area (TPSA) is 89.0 Å². The molecule has 2 heterocycles. The van der Waals surface area contributed by atoms with Crippen LogP contribution in [-0.4, -0.2) is 53.4 Å². The summed E-state index contributed by atoms with van der Waals surface area (Å²) in [7, 11) is 0. The summed E-state index contributed by atoms with van der Waals surface area (Å²) in [5.41, 5.74) is 4.84. The monoisotopic (exact) mass is 590 g/mol. The Labute approximate surface area is 236 Å². The van der Waals surface area contributed by atoms with Gasteiger partial charge in [-0.25, -0.2) is 9.59 Å². The van der Waals surface area contributed by atoms with Crippen LogP contribution in [0, 0.1) is 5.41 Å². The van der Waals surface area contributed by atoms with E-state index in [1.807, 2.05) is 41.3 Å². The lowest BCUT2D eigenvalue weighted by Gasteiger charge is -2.44. The highest BCUT2D eigenvalue weighted by Crippen LogP contribution is 2.51. The van der Waals surface area contributed by atoms with Crippen LogP contribution in [0.25, 0.3) is 11.1 Å². The minimum Gasteiger partial charge on any atom is -0.480 e. The molecule has 3 aliphatic rings. The molecule has 0 unspecified atom stereocenters. The number of hydrogen-bond acceptors (Lipinski definition) is 5. The van der Waals surface area contributed by atoms with Crippen molar-refractivity contribution in [1.82, 2.24) is 9.88 Å². The summed E-state index contributed by atoms with van der Waals surface area (Å²) in [5, 5.41) is 9.28. The molecule has 0 atom stereocenters. The molecule has 1 spiro atoms. The number of rotatable bonds is 6. The Morgan fingerprint density at radius 2 is 1.62 bits per heavy atom. The van der Waals surface area contributed by atoms with Crippen LogP contribution in [0.15, 0.2) is 71.3 Å². The van der Waals surface area contributed by atoms with Gasteiger partial charge in [0.1, 0.15) is 18.8 Å². The summed E-state index contributed by atoms with van der Waals surface area (Å²) in [5.74, 6) is -0.952. The van der Waals surface area contributed by atoms with Gasteiger partial charge < -0.3 is 19.5 Å². The number of pyridine rings is 1. The van der Waals surface area contributed by atoms with Gasteiger partial charge >= 0.3 is 12.1 Å². The highest BCUT2D eigenvalue weighted by molar-refractivity contribution is 9.10. The molecule has 1 aromatic heterocycles. The van der Waals surface area contributed by atoms with Gasteiger partial charge in [-0.1, -0.05) is 48.5 Å². The number of halogens is 1. The van der Waals surface area contributed by atoms with Gasteiger partial charge in [0.25, 0.3) is 0 Å². The Kier molecular flexibility index (Phi) is 6.93. The number of likely N-dealkylation sites (tertiary alicyclic amines) is 1. The van der Waals surface area contributed by atoms with Gasteiger partial charge in [-0.3, -0.25) is 4.98 Å². The number of carbonyl (C=O) groups excluding carboxylic acids is 1. The summed E-state index contributed by atoms with van der Waals surface area (Å²) >= 11 is 3.42. The molecule has 202 valence electrons. The smallest absolute Gasteiger partial charge is 0.409 e. The largest absolute Gasteiger partial charge is 0.480 e. The molecule has 3 aromatic rings. The third-order valence-electron chi connectivity index (χ3n) is 8.82. The molecule has 1 amide bonds. The van der Waals surface area contributed by atoms with Gasteiger partial charge in [-0.2, -0.15) is 0 Å². The van der Waals surface area contributed by atoms with Crippen molar-refractivity contribution in [3.8, 4) is 11.1 Å². The molecule has 8 heteroatoms. The second-order valence-corrected chi connectivity index (χ2v) is 11.9. The number of aromatic nitrogens is 1. The van der Waals surface area contributed by atoms with Crippen LogP contribution in [0.4, 0.5) is 4.79 Å². The Morgan fingerprint density at radius 1 is 0.949 bits per heavy atom. The van der Waals surface area contributed by atoms with E-state index in [9.17, 15) is 14.7 Å². The minimum absolute atomic E-state index is 0.0168. The summed E-state index contributed by atoms with van der Waals surface area (Å²) in [6.07, 6.45) is 5.35. The van der Waals surface area contributed by atoms with Crippen molar-refractivity contribution >= 4 is 28.0 Å². The third kappa shape index (κ3) is 4.96. The van der Waals surface area contributed by atoms with Crippen molar-refractivity contribution in [3.63, 3.8) is 0 Å². The molecule has 0 radical (unpaired) electrons. The van der Waals surface area contributed by atoms with Crippen LogP contribution >= 0.6 is 15.9 Å². The van der Waals surface area contributed by atoms with E-state index in [-0.39, 0.29) is 24.0 Å². The molecule has 2 aromatic carbocycles. The van der Waals surface area contributed by atoms with E-state index in [4.69, 9.17) is 9.47 Å². The Balaban J connectivity index is 1.10. The van der Waals surface area contributed by atoms with Crippen LogP contribution < -0.4 is 0 Å². The van der Waals surface area contributed by atoms with Crippen LogP contribution in [0.1, 0.15) is 54.8 Å². The molecule has 1 N–H and O–H groups in total. The number of amides is 1. The molecule has 2 aliphatic carbocycles. The maximum absolute atomic E-state index is 13.2. The summed E-state index contributed by atoms with van der Waals surface area (Å²) < 4.78 is 12.8. The lowest BCUT2D eigenvalue weighted by molar-refractivity contribution is -0.156. The highest BCUT2D eigenvalue weighted by Gasteiger charge is 2.49. The fraction of sp³-hybridized carbons (Fsp3) is 0.387. The van der Waals surface area contributed by atoms with Crippen molar-refractivity contribution in [2.24, 2.45) is 5.41 Å². The first-order valence-corrected chi connectivity index (χ1v) is 14.3. The zero-order chi connectivity index (χ0) is 27.0. The van der Waals surface area contributed by atoms with Crippen LogP contribution in [0.3, 0.4) is 0 Å². The summed E-state index contributed by atoms with van der Waals surface area (Å²) in [6, 6.07) is 20.5. The number of carboxylic acids is 1. The van der Waals surface area contributed by atoms with E-state index in [0.29, 0.717) is 32.5 Å². The van der Waals surface area contributed by atoms with Crippen molar-refractivity contribution in [2.75, 3.05) is 26.3 Å². The van der Waals surface area contributed by atoms with Crippen molar-refractivity contribution in [3.05, 3.63) is 88.2 Å². The normalized spacial score (nSPS) is 24.0. The van der Waals surface area contributed by atoms with E-state index < -0.39 is 11.6 Å². The van der Waals surface area contributed by atoms with Gasteiger partial charge in [0.15, 0.2) is 0 Å². The van der Waals surface area contributed by atoms with Gasteiger partial charge in [0.2, 0.25) is 0 Å². The van der Waals surface area contributed by atoms with E-state index in [1.54, 1.807) is 6.20 Å². The lowest BCUT2D eigenvalue weighted by atomic mass is 9.67. The Hall–Kier alpha value is -3.23. The van der Waals surface area contributed by atoms with Gasteiger partial charge in [0.05, 0.1) is 5.69 Å². The van der Waals surface area contributed by atoms with Crippen LogP contribution in [0.5, 0.6) is 0 Å². The number of benzene rings is 2. The maximum atomic E-state index is 13.2. The zero-order valence-electron chi connectivity index (χ0n) is 21.6. The fourth-order valence-corrected chi connectivity index (χ4v) is 6.92. The number of aliphatic carboxylic acids is 1. The SMILES string of the molecule is O=C(O)COC1(c2ccc(Br)cn2)CCC2(CCN(C(=O)OCC3c4ccccc4-c4ccccc43)C2)CC1. The number of carbonyl (C=O) groups is 2. The van der Waals surface area contributed by atoms with Crippen LogP contribution in [-0.2, 0) is 19.9 Å². The predicted octanol–water partition coefficient (Wildman–Crippen LogP) is 6.36. The highest BCUT2D eigenvalue weighted by atomic mass is 79.9.